The maximum Gasteiger partial charge on any atom is 0.131 e. The Labute approximate surface area is 85.4 Å². The maximum absolute atomic E-state index is 13.7. The van der Waals surface area contributed by atoms with Gasteiger partial charge in [-0.3, -0.25) is 0 Å². The fraction of sp³-hybridized carbons (Fsp3) is 0.182. The molecule has 0 aliphatic heterocycles. The molecule has 0 amide bonds. The van der Waals surface area contributed by atoms with E-state index < -0.39 is 0 Å². The lowest BCUT2D eigenvalue weighted by atomic mass is 10.1. The minimum atomic E-state index is -0.235. The van der Waals surface area contributed by atoms with Crippen molar-refractivity contribution in [1.29, 1.82) is 5.26 Å². The molecule has 2 aromatic rings. The number of rotatable bonds is 1. The standard InChI is InChI=1S/C11H8FNS/c1-7-10(12)8(2-4-13)6-9-3-5-14-11(7)9/h3,5-6H,2H2,1H3. The number of fused-ring (bicyclic) bond motifs is 1. The second-order valence-electron chi connectivity index (χ2n) is 3.15. The molecule has 0 bridgehead atoms. The summed E-state index contributed by atoms with van der Waals surface area (Å²) in [6.45, 7) is 1.76. The molecule has 1 heterocycles. The van der Waals surface area contributed by atoms with Gasteiger partial charge in [-0.25, -0.2) is 4.39 Å². The molecule has 1 aromatic heterocycles. The van der Waals surface area contributed by atoms with Crippen molar-refractivity contribution in [1.82, 2.24) is 0 Å². The first-order chi connectivity index (χ1) is 6.74. The Kier molecular flexibility index (Phi) is 2.22. The van der Waals surface area contributed by atoms with E-state index in [-0.39, 0.29) is 12.2 Å². The zero-order valence-electron chi connectivity index (χ0n) is 7.67. The van der Waals surface area contributed by atoms with Gasteiger partial charge in [0.2, 0.25) is 0 Å². The zero-order chi connectivity index (χ0) is 10.1. The van der Waals surface area contributed by atoms with Crippen molar-refractivity contribution in [2.45, 2.75) is 13.3 Å². The molecule has 1 nitrogen and oxygen atoms in total. The second kappa shape index (κ2) is 3.39. The van der Waals surface area contributed by atoms with Crippen LogP contribution in [-0.2, 0) is 6.42 Å². The van der Waals surface area contributed by atoms with E-state index in [9.17, 15) is 4.39 Å². The molecule has 0 aliphatic carbocycles. The molecule has 70 valence electrons. The van der Waals surface area contributed by atoms with E-state index in [1.54, 1.807) is 13.0 Å². The number of hydrogen-bond acceptors (Lipinski definition) is 2. The van der Waals surface area contributed by atoms with Gasteiger partial charge in [0, 0.05) is 15.8 Å². The van der Waals surface area contributed by atoms with Crippen LogP contribution in [0.4, 0.5) is 4.39 Å². The average Bonchev–Trinajstić information content (AvgIpc) is 2.62. The largest absolute Gasteiger partial charge is 0.206 e. The SMILES string of the molecule is Cc1c(F)c(CC#N)cc2ccsc12. The van der Waals surface area contributed by atoms with Gasteiger partial charge in [-0.2, -0.15) is 5.26 Å². The Balaban J connectivity index is 2.75. The van der Waals surface area contributed by atoms with Crippen LogP contribution in [0.5, 0.6) is 0 Å². The summed E-state index contributed by atoms with van der Waals surface area (Å²) in [5.41, 5.74) is 1.15. The van der Waals surface area contributed by atoms with E-state index in [0.29, 0.717) is 11.1 Å². The van der Waals surface area contributed by atoms with Crippen molar-refractivity contribution in [3.8, 4) is 6.07 Å². The molecule has 0 radical (unpaired) electrons. The van der Waals surface area contributed by atoms with E-state index >= 15 is 0 Å². The zero-order valence-corrected chi connectivity index (χ0v) is 8.49. The second-order valence-corrected chi connectivity index (χ2v) is 4.06. The Morgan fingerprint density at radius 1 is 1.57 bits per heavy atom. The molecule has 1 aromatic carbocycles. The number of hydrogen-bond donors (Lipinski definition) is 0. The normalized spacial score (nSPS) is 10.4. The van der Waals surface area contributed by atoms with Crippen LogP contribution in [0.3, 0.4) is 0 Å². The topological polar surface area (TPSA) is 23.8 Å². The Morgan fingerprint density at radius 3 is 3.07 bits per heavy atom. The van der Waals surface area contributed by atoms with Gasteiger partial charge >= 0.3 is 0 Å². The van der Waals surface area contributed by atoms with Crippen molar-refractivity contribution in [2.75, 3.05) is 0 Å². The van der Waals surface area contributed by atoms with Crippen LogP contribution in [0.25, 0.3) is 10.1 Å². The third-order valence-corrected chi connectivity index (χ3v) is 3.30. The summed E-state index contributed by atoms with van der Waals surface area (Å²) in [5.74, 6) is -0.235. The number of aryl methyl sites for hydroxylation is 1. The minimum Gasteiger partial charge on any atom is -0.206 e. The van der Waals surface area contributed by atoms with E-state index in [1.807, 2.05) is 17.5 Å². The van der Waals surface area contributed by atoms with E-state index in [1.165, 1.54) is 11.3 Å². The van der Waals surface area contributed by atoms with Crippen LogP contribution in [-0.4, -0.2) is 0 Å². The van der Waals surface area contributed by atoms with Gasteiger partial charge in [0.15, 0.2) is 0 Å². The molecule has 0 spiro atoms. The van der Waals surface area contributed by atoms with Crippen molar-refractivity contribution in [2.24, 2.45) is 0 Å². The summed E-state index contributed by atoms with van der Waals surface area (Å²) >= 11 is 1.53. The summed E-state index contributed by atoms with van der Waals surface area (Å²) in [6.07, 6.45) is 0.137. The molecule has 0 saturated heterocycles. The van der Waals surface area contributed by atoms with Crippen LogP contribution >= 0.6 is 11.3 Å². The lowest BCUT2D eigenvalue weighted by Crippen LogP contribution is -1.92. The first-order valence-electron chi connectivity index (χ1n) is 4.26. The smallest absolute Gasteiger partial charge is 0.131 e. The lowest BCUT2D eigenvalue weighted by Gasteiger charge is -2.03. The number of nitriles is 1. The Hall–Kier alpha value is -1.40. The van der Waals surface area contributed by atoms with E-state index in [0.717, 1.165) is 10.1 Å². The van der Waals surface area contributed by atoms with Gasteiger partial charge in [0.25, 0.3) is 0 Å². The number of benzene rings is 1. The van der Waals surface area contributed by atoms with Gasteiger partial charge in [0.05, 0.1) is 12.5 Å². The molecule has 0 atom stereocenters. The maximum atomic E-state index is 13.7. The van der Waals surface area contributed by atoms with Crippen molar-refractivity contribution in [3.05, 3.63) is 34.5 Å². The molecule has 2 rings (SSSR count). The molecule has 0 N–H and O–H groups in total. The van der Waals surface area contributed by atoms with Crippen LogP contribution < -0.4 is 0 Å². The van der Waals surface area contributed by atoms with Gasteiger partial charge in [-0.1, -0.05) is 0 Å². The van der Waals surface area contributed by atoms with Crippen LogP contribution in [0.15, 0.2) is 17.5 Å². The first kappa shape index (κ1) is 9.17. The highest BCUT2D eigenvalue weighted by molar-refractivity contribution is 7.17. The van der Waals surface area contributed by atoms with Crippen molar-refractivity contribution >= 4 is 21.4 Å². The van der Waals surface area contributed by atoms with Gasteiger partial charge in [-0.15, -0.1) is 11.3 Å². The molecule has 3 heteroatoms. The predicted octanol–water partition coefficient (Wildman–Crippen LogP) is 3.41. The molecule has 0 saturated carbocycles. The monoisotopic (exact) mass is 205 g/mol. The van der Waals surface area contributed by atoms with Gasteiger partial charge in [0.1, 0.15) is 5.82 Å². The summed E-state index contributed by atoms with van der Waals surface area (Å²) in [5, 5.41) is 11.5. The van der Waals surface area contributed by atoms with Crippen LogP contribution in [0.1, 0.15) is 11.1 Å². The van der Waals surface area contributed by atoms with E-state index in [2.05, 4.69) is 0 Å². The summed E-state index contributed by atoms with van der Waals surface area (Å²) < 4.78 is 14.6. The summed E-state index contributed by atoms with van der Waals surface area (Å²) in [6, 6.07) is 5.69. The van der Waals surface area contributed by atoms with Gasteiger partial charge in [-0.05, 0) is 29.8 Å². The number of thiophene rings is 1. The Bertz CT molecular complexity index is 522. The van der Waals surface area contributed by atoms with E-state index in [4.69, 9.17) is 5.26 Å². The molecular formula is C11H8FNS. The van der Waals surface area contributed by atoms with Crippen LogP contribution in [0, 0.1) is 24.1 Å². The van der Waals surface area contributed by atoms with Crippen LogP contribution in [0.2, 0.25) is 0 Å². The highest BCUT2D eigenvalue weighted by atomic mass is 32.1. The Morgan fingerprint density at radius 2 is 2.36 bits per heavy atom. The van der Waals surface area contributed by atoms with Crippen molar-refractivity contribution in [3.63, 3.8) is 0 Å². The third-order valence-electron chi connectivity index (χ3n) is 2.25. The average molecular weight is 205 g/mol. The number of nitrogens with zero attached hydrogens (tertiary/aromatic N) is 1. The predicted molar refractivity (Wildman–Crippen MR) is 55.8 cm³/mol. The molecular weight excluding hydrogens is 197 g/mol. The lowest BCUT2D eigenvalue weighted by molar-refractivity contribution is 0.609. The summed E-state index contributed by atoms with van der Waals surface area (Å²) in [4.78, 5) is 0. The molecule has 0 aliphatic rings. The molecule has 0 fully saturated rings. The molecule has 14 heavy (non-hydrogen) atoms. The van der Waals surface area contributed by atoms with Gasteiger partial charge < -0.3 is 0 Å². The molecule has 0 unspecified atom stereocenters. The highest BCUT2D eigenvalue weighted by Crippen LogP contribution is 2.28. The third kappa shape index (κ3) is 1.28. The number of halogens is 1. The summed E-state index contributed by atoms with van der Waals surface area (Å²) in [7, 11) is 0. The fourth-order valence-electron chi connectivity index (χ4n) is 1.54. The quantitative estimate of drug-likeness (QED) is 0.699. The fourth-order valence-corrected chi connectivity index (χ4v) is 2.42. The first-order valence-corrected chi connectivity index (χ1v) is 5.14. The highest BCUT2D eigenvalue weighted by Gasteiger charge is 2.10. The minimum absolute atomic E-state index is 0.137. The van der Waals surface area contributed by atoms with Crippen molar-refractivity contribution < 1.29 is 4.39 Å².